The van der Waals surface area contributed by atoms with E-state index in [0.29, 0.717) is 22.7 Å². The average molecular weight is 236 g/mol. The highest BCUT2D eigenvalue weighted by molar-refractivity contribution is 5.79. The van der Waals surface area contributed by atoms with Crippen LogP contribution in [-0.4, -0.2) is 11.1 Å². The number of hydrogen-bond acceptors (Lipinski definition) is 4. The first kappa shape index (κ1) is 10.4. The lowest BCUT2D eigenvalue weighted by Gasteiger charge is -1.97. The molecule has 4 nitrogen and oxygen atoms in total. The van der Waals surface area contributed by atoms with Crippen LogP contribution in [0, 0.1) is 0 Å². The van der Waals surface area contributed by atoms with Crippen molar-refractivity contribution in [3.63, 3.8) is 0 Å². The molecule has 0 spiro atoms. The summed E-state index contributed by atoms with van der Waals surface area (Å²) in [5, 5.41) is 0. The van der Waals surface area contributed by atoms with Gasteiger partial charge in [0.2, 0.25) is 12.0 Å². The molecule has 3 rings (SSSR count). The molecule has 0 bridgehead atoms. The summed E-state index contributed by atoms with van der Waals surface area (Å²) in [6, 6.07) is 14.6. The van der Waals surface area contributed by atoms with Gasteiger partial charge < -0.3 is 4.42 Å². The first-order chi connectivity index (χ1) is 8.88. The Bertz CT molecular complexity index is 722. The van der Waals surface area contributed by atoms with Gasteiger partial charge in [-0.25, -0.2) is 9.78 Å². The smallest absolute Gasteiger partial charge is 0.240 e. The van der Waals surface area contributed by atoms with Crippen molar-refractivity contribution in [2.75, 3.05) is 0 Å². The fourth-order valence-electron chi connectivity index (χ4n) is 1.79. The van der Waals surface area contributed by atoms with Crippen molar-refractivity contribution < 1.29 is 9.21 Å². The molecule has 0 saturated heterocycles. The van der Waals surface area contributed by atoms with Crippen molar-refractivity contribution in [3.05, 3.63) is 48.5 Å². The molecule has 1 aromatic heterocycles. The van der Waals surface area contributed by atoms with Crippen LogP contribution >= 0.6 is 0 Å². The monoisotopic (exact) mass is 236 g/mol. The zero-order chi connectivity index (χ0) is 12.4. The summed E-state index contributed by atoms with van der Waals surface area (Å²) in [7, 11) is 0. The number of oxazole rings is 1. The number of para-hydroxylation sites is 3. The van der Waals surface area contributed by atoms with E-state index in [2.05, 4.69) is 9.98 Å². The molecule has 0 radical (unpaired) electrons. The van der Waals surface area contributed by atoms with Gasteiger partial charge in [-0.15, -0.1) is 0 Å². The van der Waals surface area contributed by atoms with E-state index in [1.807, 2.05) is 30.3 Å². The molecular formula is C14H8N2O2. The second kappa shape index (κ2) is 4.28. The third-order valence-electron chi connectivity index (χ3n) is 2.59. The number of isocyanates is 1. The molecule has 1 heterocycles. The zero-order valence-corrected chi connectivity index (χ0v) is 9.33. The standard InChI is InChI=1S/C14H8N2O2/c17-9-15-11-6-2-1-5-10(11)14-16-12-7-3-4-8-13(12)18-14/h1-8H. The van der Waals surface area contributed by atoms with Gasteiger partial charge in [-0.05, 0) is 24.3 Å². The van der Waals surface area contributed by atoms with Crippen molar-refractivity contribution in [2.45, 2.75) is 0 Å². The van der Waals surface area contributed by atoms with E-state index >= 15 is 0 Å². The molecule has 2 aromatic carbocycles. The number of nitrogens with zero attached hydrogens (tertiary/aromatic N) is 2. The van der Waals surface area contributed by atoms with Crippen LogP contribution in [0.3, 0.4) is 0 Å². The van der Waals surface area contributed by atoms with E-state index in [4.69, 9.17) is 4.42 Å². The Kier molecular flexibility index (Phi) is 2.48. The van der Waals surface area contributed by atoms with Gasteiger partial charge in [-0.3, -0.25) is 0 Å². The zero-order valence-electron chi connectivity index (χ0n) is 9.33. The Morgan fingerprint density at radius 2 is 1.83 bits per heavy atom. The van der Waals surface area contributed by atoms with Crippen molar-refractivity contribution in [1.29, 1.82) is 0 Å². The van der Waals surface area contributed by atoms with Crippen LogP contribution in [0.1, 0.15) is 0 Å². The Morgan fingerprint density at radius 1 is 1.06 bits per heavy atom. The summed E-state index contributed by atoms with van der Waals surface area (Å²) >= 11 is 0. The van der Waals surface area contributed by atoms with Crippen molar-refractivity contribution in [1.82, 2.24) is 4.98 Å². The minimum Gasteiger partial charge on any atom is -0.436 e. The lowest BCUT2D eigenvalue weighted by Crippen LogP contribution is -1.77. The molecule has 3 aromatic rings. The van der Waals surface area contributed by atoms with E-state index in [-0.39, 0.29) is 0 Å². The summed E-state index contributed by atoms with van der Waals surface area (Å²) in [5.74, 6) is 0.450. The third kappa shape index (κ3) is 1.71. The fourth-order valence-corrected chi connectivity index (χ4v) is 1.79. The molecule has 0 amide bonds. The van der Waals surface area contributed by atoms with Crippen LogP contribution in [0.4, 0.5) is 5.69 Å². The molecule has 0 aliphatic carbocycles. The quantitative estimate of drug-likeness (QED) is 0.505. The number of benzene rings is 2. The summed E-state index contributed by atoms with van der Waals surface area (Å²) in [4.78, 5) is 18.4. The number of fused-ring (bicyclic) bond motifs is 1. The third-order valence-corrected chi connectivity index (χ3v) is 2.59. The topological polar surface area (TPSA) is 55.5 Å². The molecule has 0 unspecified atom stereocenters. The van der Waals surface area contributed by atoms with Crippen LogP contribution in [0.15, 0.2) is 57.9 Å². The number of rotatable bonds is 2. The molecule has 0 saturated carbocycles. The Labute approximate surface area is 103 Å². The van der Waals surface area contributed by atoms with Gasteiger partial charge in [0.05, 0.1) is 11.3 Å². The number of aromatic nitrogens is 1. The summed E-state index contributed by atoms with van der Waals surface area (Å²) in [6.07, 6.45) is 1.53. The number of carbonyl (C=O) groups excluding carboxylic acids is 1. The van der Waals surface area contributed by atoms with Gasteiger partial charge in [-0.1, -0.05) is 24.3 Å². The van der Waals surface area contributed by atoms with Gasteiger partial charge in [0.15, 0.2) is 5.58 Å². The Balaban J connectivity index is 2.22. The number of hydrogen-bond donors (Lipinski definition) is 0. The molecule has 0 atom stereocenters. The van der Waals surface area contributed by atoms with Crippen LogP contribution in [-0.2, 0) is 4.79 Å². The maximum Gasteiger partial charge on any atom is 0.240 e. The average Bonchev–Trinajstić information content (AvgIpc) is 2.83. The molecule has 0 aliphatic rings. The first-order valence-electron chi connectivity index (χ1n) is 5.41. The molecule has 0 N–H and O–H groups in total. The molecule has 86 valence electrons. The SMILES string of the molecule is O=C=Nc1ccccc1-c1nc2ccccc2o1. The van der Waals surface area contributed by atoms with E-state index in [0.717, 1.165) is 5.52 Å². The van der Waals surface area contributed by atoms with Crippen LogP contribution in [0.5, 0.6) is 0 Å². The molecular weight excluding hydrogens is 228 g/mol. The summed E-state index contributed by atoms with van der Waals surface area (Å²) in [5.41, 5.74) is 2.66. The van der Waals surface area contributed by atoms with E-state index in [1.165, 1.54) is 6.08 Å². The van der Waals surface area contributed by atoms with Gasteiger partial charge in [-0.2, -0.15) is 4.99 Å². The predicted octanol–water partition coefficient (Wildman–Crippen LogP) is 3.46. The van der Waals surface area contributed by atoms with Crippen molar-refractivity contribution in [3.8, 4) is 11.5 Å². The van der Waals surface area contributed by atoms with Gasteiger partial charge in [0.25, 0.3) is 0 Å². The predicted molar refractivity (Wildman–Crippen MR) is 67.2 cm³/mol. The molecule has 18 heavy (non-hydrogen) atoms. The van der Waals surface area contributed by atoms with Gasteiger partial charge in [0.1, 0.15) is 5.52 Å². The number of aliphatic imine (C=N–C) groups is 1. The largest absolute Gasteiger partial charge is 0.436 e. The van der Waals surface area contributed by atoms with Crippen LogP contribution < -0.4 is 0 Å². The Morgan fingerprint density at radius 3 is 2.67 bits per heavy atom. The second-order valence-electron chi connectivity index (χ2n) is 3.71. The second-order valence-corrected chi connectivity index (χ2v) is 3.71. The van der Waals surface area contributed by atoms with E-state index in [1.54, 1.807) is 18.2 Å². The lowest BCUT2D eigenvalue weighted by molar-refractivity contribution is 0.565. The normalized spacial score (nSPS) is 10.2. The Hall–Kier alpha value is -2.71. The van der Waals surface area contributed by atoms with E-state index < -0.39 is 0 Å². The van der Waals surface area contributed by atoms with Crippen LogP contribution in [0.2, 0.25) is 0 Å². The van der Waals surface area contributed by atoms with E-state index in [9.17, 15) is 4.79 Å². The first-order valence-corrected chi connectivity index (χ1v) is 5.41. The van der Waals surface area contributed by atoms with Crippen molar-refractivity contribution >= 4 is 22.9 Å². The highest BCUT2D eigenvalue weighted by Gasteiger charge is 2.11. The summed E-state index contributed by atoms with van der Waals surface area (Å²) < 4.78 is 5.64. The minimum absolute atomic E-state index is 0.450. The lowest BCUT2D eigenvalue weighted by atomic mass is 10.2. The van der Waals surface area contributed by atoms with Gasteiger partial charge >= 0.3 is 0 Å². The maximum atomic E-state index is 10.4. The highest BCUT2D eigenvalue weighted by atomic mass is 16.3. The van der Waals surface area contributed by atoms with Gasteiger partial charge in [0, 0.05) is 0 Å². The minimum atomic E-state index is 0.450. The summed E-state index contributed by atoms with van der Waals surface area (Å²) in [6.45, 7) is 0. The maximum absolute atomic E-state index is 10.4. The molecule has 4 heteroatoms. The highest BCUT2D eigenvalue weighted by Crippen LogP contribution is 2.31. The van der Waals surface area contributed by atoms with Crippen LogP contribution in [0.25, 0.3) is 22.6 Å². The molecule has 0 aliphatic heterocycles. The van der Waals surface area contributed by atoms with Crippen molar-refractivity contribution in [2.24, 2.45) is 4.99 Å². The molecule has 0 fully saturated rings. The fraction of sp³-hybridized carbons (Fsp3) is 0.